The molecule has 2 N–H and O–H groups in total. The van der Waals surface area contributed by atoms with Crippen molar-refractivity contribution in [2.45, 2.75) is 0 Å². The Hall–Kier alpha value is -3.42. The second-order valence-corrected chi connectivity index (χ2v) is 4.20. The van der Waals surface area contributed by atoms with Crippen molar-refractivity contribution in [2.75, 3.05) is 10.6 Å². The monoisotopic (exact) mass is 298 g/mol. The molecule has 0 unspecified atom stereocenters. The van der Waals surface area contributed by atoms with Crippen LogP contribution in [0.3, 0.4) is 0 Å². The number of oxazole rings is 1. The summed E-state index contributed by atoms with van der Waals surface area (Å²) >= 11 is 0. The first-order valence-corrected chi connectivity index (χ1v) is 6.26. The molecule has 0 aliphatic heterocycles. The molecule has 0 radical (unpaired) electrons. The topological polar surface area (TPSA) is 110 Å². The van der Waals surface area contributed by atoms with Crippen LogP contribution in [0.1, 0.15) is 20.8 Å². The predicted molar refractivity (Wildman–Crippen MR) is 75.4 cm³/mol. The van der Waals surface area contributed by atoms with Gasteiger partial charge in [-0.05, 0) is 12.1 Å². The summed E-state index contributed by atoms with van der Waals surface area (Å²) in [5.74, 6) is -0.661. The third kappa shape index (κ3) is 3.01. The minimum Gasteiger partial charge on any atom is -0.431 e. The SMILES string of the molecule is O=C(Nc1nc(C(=O)Nc2ccon2)co1)c1ccccc1. The predicted octanol–water partition coefficient (Wildman–Crippen LogP) is 2.17. The van der Waals surface area contributed by atoms with Crippen molar-refractivity contribution in [2.24, 2.45) is 0 Å². The van der Waals surface area contributed by atoms with Crippen LogP contribution in [0.25, 0.3) is 0 Å². The van der Waals surface area contributed by atoms with Gasteiger partial charge >= 0.3 is 6.01 Å². The van der Waals surface area contributed by atoms with Crippen LogP contribution in [0.4, 0.5) is 11.8 Å². The van der Waals surface area contributed by atoms with Crippen LogP contribution < -0.4 is 10.6 Å². The summed E-state index contributed by atoms with van der Waals surface area (Å²) in [6, 6.07) is 9.99. The Kier molecular flexibility index (Phi) is 3.65. The van der Waals surface area contributed by atoms with E-state index in [-0.39, 0.29) is 23.4 Å². The Morgan fingerprint density at radius 1 is 1.00 bits per heavy atom. The second kappa shape index (κ2) is 5.92. The van der Waals surface area contributed by atoms with Gasteiger partial charge in [0.15, 0.2) is 11.5 Å². The summed E-state index contributed by atoms with van der Waals surface area (Å²) in [7, 11) is 0. The van der Waals surface area contributed by atoms with E-state index in [4.69, 9.17) is 4.42 Å². The molecule has 2 aromatic heterocycles. The fourth-order valence-corrected chi connectivity index (χ4v) is 1.65. The molecule has 2 heterocycles. The van der Waals surface area contributed by atoms with Crippen LogP contribution in [0.2, 0.25) is 0 Å². The molecule has 0 fully saturated rings. The van der Waals surface area contributed by atoms with Crippen molar-refractivity contribution in [3.8, 4) is 0 Å². The third-order valence-corrected chi connectivity index (χ3v) is 2.67. The van der Waals surface area contributed by atoms with Crippen LogP contribution in [0.15, 0.2) is 57.9 Å². The first-order valence-electron chi connectivity index (χ1n) is 6.26. The minimum absolute atomic E-state index is 0.00589. The fraction of sp³-hybridized carbons (Fsp3) is 0. The quantitative estimate of drug-likeness (QED) is 0.763. The number of amides is 2. The van der Waals surface area contributed by atoms with Crippen LogP contribution >= 0.6 is 0 Å². The maximum absolute atomic E-state index is 11.9. The summed E-state index contributed by atoms with van der Waals surface area (Å²) in [5.41, 5.74) is 0.459. The number of aromatic nitrogens is 2. The largest absolute Gasteiger partial charge is 0.431 e. The van der Waals surface area contributed by atoms with E-state index in [0.29, 0.717) is 5.56 Å². The molecule has 0 saturated heterocycles. The normalized spacial score (nSPS) is 10.2. The van der Waals surface area contributed by atoms with Crippen LogP contribution in [0.5, 0.6) is 0 Å². The Bertz CT molecular complexity index is 780. The maximum Gasteiger partial charge on any atom is 0.302 e. The Balaban J connectivity index is 1.66. The van der Waals surface area contributed by atoms with Gasteiger partial charge in [-0.25, -0.2) is 0 Å². The lowest BCUT2D eigenvalue weighted by Crippen LogP contribution is -2.14. The van der Waals surface area contributed by atoms with E-state index >= 15 is 0 Å². The van der Waals surface area contributed by atoms with Crippen LogP contribution in [0, 0.1) is 0 Å². The van der Waals surface area contributed by atoms with Crippen LogP contribution in [-0.2, 0) is 0 Å². The molecule has 0 saturated carbocycles. The van der Waals surface area contributed by atoms with Gasteiger partial charge in [0.2, 0.25) is 0 Å². The highest BCUT2D eigenvalue weighted by Crippen LogP contribution is 2.11. The van der Waals surface area contributed by atoms with E-state index in [1.807, 2.05) is 0 Å². The van der Waals surface area contributed by atoms with Crippen LogP contribution in [-0.4, -0.2) is 22.0 Å². The maximum atomic E-state index is 11.9. The number of nitrogens with one attached hydrogen (secondary N) is 2. The smallest absolute Gasteiger partial charge is 0.302 e. The van der Waals surface area contributed by atoms with Gasteiger partial charge in [-0.15, -0.1) is 0 Å². The highest BCUT2D eigenvalue weighted by Gasteiger charge is 2.15. The van der Waals surface area contributed by atoms with E-state index in [2.05, 4.69) is 25.3 Å². The number of carbonyl (C=O) groups excluding carboxylic acids is 2. The molecular weight excluding hydrogens is 288 g/mol. The van der Waals surface area contributed by atoms with E-state index in [9.17, 15) is 9.59 Å². The lowest BCUT2D eigenvalue weighted by Gasteiger charge is -1.99. The summed E-state index contributed by atoms with van der Waals surface area (Å²) in [5, 5.41) is 8.46. The molecule has 0 aliphatic carbocycles. The van der Waals surface area contributed by atoms with Gasteiger partial charge in [-0.1, -0.05) is 23.4 Å². The van der Waals surface area contributed by atoms with Gasteiger partial charge in [0, 0.05) is 11.6 Å². The van der Waals surface area contributed by atoms with Gasteiger partial charge in [0.25, 0.3) is 11.8 Å². The van der Waals surface area contributed by atoms with Crippen molar-refractivity contribution in [1.29, 1.82) is 0 Å². The number of anilines is 2. The van der Waals surface area contributed by atoms with Crippen molar-refractivity contribution in [3.63, 3.8) is 0 Å². The Labute approximate surface area is 124 Å². The average Bonchev–Trinajstić information content (AvgIpc) is 3.20. The molecular formula is C14H10N4O4. The molecule has 8 heteroatoms. The third-order valence-electron chi connectivity index (χ3n) is 2.67. The van der Waals surface area contributed by atoms with Gasteiger partial charge in [0.05, 0.1) is 0 Å². The molecule has 2 amide bonds. The molecule has 0 aliphatic rings. The molecule has 1 aromatic carbocycles. The zero-order chi connectivity index (χ0) is 15.4. The van der Waals surface area contributed by atoms with Gasteiger partial charge < -0.3 is 14.3 Å². The number of nitrogens with zero attached hydrogens (tertiary/aromatic N) is 2. The zero-order valence-corrected chi connectivity index (χ0v) is 11.1. The molecule has 8 nitrogen and oxygen atoms in total. The number of hydrogen-bond donors (Lipinski definition) is 2. The van der Waals surface area contributed by atoms with Crippen molar-refractivity contribution in [3.05, 3.63) is 60.2 Å². The lowest BCUT2D eigenvalue weighted by atomic mass is 10.2. The number of benzene rings is 1. The van der Waals surface area contributed by atoms with Crippen molar-refractivity contribution < 1.29 is 18.5 Å². The number of rotatable bonds is 4. The molecule has 0 bridgehead atoms. The number of hydrogen-bond acceptors (Lipinski definition) is 6. The van der Waals surface area contributed by atoms with E-state index in [1.165, 1.54) is 12.3 Å². The second-order valence-electron chi connectivity index (χ2n) is 4.20. The molecule has 0 spiro atoms. The fourth-order valence-electron chi connectivity index (χ4n) is 1.65. The summed E-state index contributed by atoms with van der Waals surface area (Å²) in [4.78, 5) is 27.7. The van der Waals surface area contributed by atoms with E-state index in [1.54, 1.807) is 30.3 Å². The molecule has 0 atom stereocenters. The van der Waals surface area contributed by atoms with Gasteiger partial charge in [-0.2, -0.15) is 4.98 Å². The standard InChI is InChI=1S/C14H10N4O4/c19-12(9-4-2-1-3-5-9)17-14-15-10(8-21-14)13(20)16-11-6-7-22-18-11/h1-8H,(H,15,17,19)(H,16,18,20). The van der Waals surface area contributed by atoms with Crippen molar-refractivity contribution >= 4 is 23.6 Å². The summed E-state index contributed by atoms with van der Waals surface area (Å²) in [6.45, 7) is 0. The number of carbonyl (C=O) groups is 2. The lowest BCUT2D eigenvalue weighted by molar-refractivity contribution is 0.101. The van der Waals surface area contributed by atoms with Crippen molar-refractivity contribution in [1.82, 2.24) is 10.1 Å². The average molecular weight is 298 g/mol. The van der Waals surface area contributed by atoms with Gasteiger partial charge in [0.1, 0.15) is 12.5 Å². The Morgan fingerprint density at radius 3 is 2.55 bits per heavy atom. The minimum atomic E-state index is -0.530. The zero-order valence-electron chi connectivity index (χ0n) is 11.1. The first kappa shape index (κ1) is 13.6. The molecule has 110 valence electrons. The summed E-state index contributed by atoms with van der Waals surface area (Å²) < 4.78 is 9.64. The highest BCUT2D eigenvalue weighted by molar-refractivity contribution is 6.04. The first-order chi connectivity index (χ1) is 10.7. The Morgan fingerprint density at radius 2 is 1.82 bits per heavy atom. The van der Waals surface area contributed by atoms with E-state index < -0.39 is 5.91 Å². The molecule has 22 heavy (non-hydrogen) atoms. The van der Waals surface area contributed by atoms with Gasteiger partial charge in [-0.3, -0.25) is 14.9 Å². The van der Waals surface area contributed by atoms with E-state index in [0.717, 1.165) is 6.26 Å². The molecule has 3 rings (SSSR count). The highest BCUT2D eigenvalue weighted by atomic mass is 16.5. The molecule has 3 aromatic rings. The summed E-state index contributed by atoms with van der Waals surface area (Å²) in [6.07, 6.45) is 2.46.